The van der Waals surface area contributed by atoms with Crippen LogP contribution >= 0.6 is 11.6 Å². The first-order chi connectivity index (χ1) is 20.0. The highest BCUT2D eigenvalue weighted by molar-refractivity contribution is 6.31. The molecule has 0 radical (unpaired) electrons. The molecule has 218 valence electrons. The number of carboxylic acids is 1. The maximum atomic E-state index is 13.1. The van der Waals surface area contributed by atoms with Crippen LogP contribution in [-0.4, -0.2) is 26.2 Å². The number of amides is 2. The van der Waals surface area contributed by atoms with Gasteiger partial charge >= 0.3 is 12.2 Å². The monoisotopic (exact) mass is 599 g/mol. The van der Waals surface area contributed by atoms with Crippen LogP contribution in [0.2, 0.25) is 5.02 Å². The number of nitrogens with one attached hydrogen (secondary N) is 2. The zero-order chi connectivity index (χ0) is 30.4. The summed E-state index contributed by atoms with van der Waals surface area (Å²) < 4.78 is 55.9. The lowest BCUT2D eigenvalue weighted by molar-refractivity contribution is -0.255. The Morgan fingerprint density at radius 3 is 1.98 bits per heavy atom. The van der Waals surface area contributed by atoms with Gasteiger partial charge in [-0.1, -0.05) is 41.9 Å². The summed E-state index contributed by atoms with van der Waals surface area (Å²) in [6.07, 6.45) is -5.62. The minimum atomic E-state index is -4.55. The molecule has 0 bridgehead atoms. The molecule has 0 aliphatic carbocycles. The molecule has 2 N–H and O–H groups in total. The number of carboxylic acid groups (broad SMARTS) is 1. The fourth-order valence-electron chi connectivity index (χ4n) is 4.05. The largest absolute Gasteiger partial charge is 0.545 e. The van der Waals surface area contributed by atoms with Gasteiger partial charge < -0.3 is 34.7 Å². The number of alkyl halides is 3. The van der Waals surface area contributed by atoms with Crippen molar-refractivity contribution >= 4 is 35.0 Å². The smallest absolute Gasteiger partial charge is 0.416 e. The first-order valence-corrected chi connectivity index (χ1v) is 12.6. The highest BCUT2D eigenvalue weighted by atomic mass is 35.5. The summed E-state index contributed by atoms with van der Waals surface area (Å²) in [5, 5.41) is 17.4. The molecule has 12 heteroatoms. The van der Waals surface area contributed by atoms with E-state index in [1.165, 1.54) is 44.6 Å². The zero-order valence-electron chi connectivity index (χ0n) is 22.1. The maximum absolute atomic E-state index is 13.1. The Kier molecular flexibility index (Phi) is 9.12. The van der Waals surface area contributed by atoms with E-state index < -0.39 is 35.4 Å². The second-order valence-electron chi connectivity index (χ2n) is 8.79. The lowest BCUT2D eigenvalue weighted by Gasteiger charge is -2.24. The fraction of sp³-hybridized carbons (Fsp3) is 0.133. The number of benzene rings is 4. The summed E-state index contributed by atoms with van der Waals surface area (Å²) >= 11 is 6.37. The number of ether oxygens (including phenoxy) is 3. The number of hydrogen-bond donors (Lipinski definition) is 2. The average molecular weight is 600 g/mol. The van der Waals surface area contributed by atoms with Crippen LogP contribution < -0.4 is 30.0 Å². The molecule has 0 fully saturated rings. The van der Waals surface area contributed by atoms with E-state index in [2.05, 4.69) is 10.6 Å². The van der Waals surface area contributed by atoms with Gasteiger partial charge in [0.05, 0.1) is 25.8 Å². The van der Waals surface area contributed by atoms with Gasteiger partial charge in [0.2, 0.25) is 0 Å². The van der Waals surface area contributed by atoms with E-state index in [9.17, 15) is 27.9 Å². The Bertz CT molecular complexity index is 1600. The van der Waals surface area contributed by atoms with Gasteiger partial charge in [-0.3, -0.25) is 0 Å². The van der Waals surface area contributed by atoms with Crippen LogP contribution in [0.5, 0.6) is 17.2 Å². The van der Waals surface area contributed by atoms with Gasteiger partial charge in [-0.05, 0) is 54.1 Å². The molecule has 0 aliphatic heterocycles. The molecule has 1 atom stereocenters. The van der Waals surface area contributed by atoms with Crippen LogP contribution in [0.25, 0.3) is 0 Å². The highest BCUT2D eigenvalue weighted by Crippen LogP contribution is 2.37. The lowest BCUT2D eigenvalue weighted by Crippen LogP contribution is -2.25. The Morgan fingerprint density at radius 1 is 0.810 bits per heavy atom. The number of aromatic carboxylic acids is 1. The van der Waals surface area contributed by atoms with E-state index in [0.717, 1.165) is 18.2 Å². The van der Waals surface area contributed by atoms with Gasteiger partial charge in [0.1, 0.15) is 5.75 Å². The Balaban J connectivity index is 1.61. The second-order valence-corrected chi connectivity index (χ2v) is 9.19. The summed E-state index contributed by atoms with van der Waals surface area (Å²) in [5.74, 6) is -0.925. The number of carbonyl (C=O) groups excluding carboxylic acids is 2. The third kappa shape index (κ3) is 7.05. The molecule has 0 aliphatic rings. The van der Waals surface area contributed by atoms with E-state index in [-0.39, 0.29) is 22.0 Å². The van der Waals surface area contributed by atoms with E-state index in [1.807, 2.05) is 0 Å². The van der Waals surface area contributed by atoms with Gasteiger partial charge in [-0.25, -0.2) is 4.79 Å². The molecule has 4 aromatic carbocycles. The second kappa shape index (κ2) is 12.7. The minimum Gasteiger partial charge on any atom is -0.545 e. The van der Waals surface area contributed by atoms with Crippen molar-refractivity contribution in [3.63, 3.8) is 0 Å². The Hall–Kier alpha value is -4.90. The predicted molar refractivity (Wildman–Crippen MR) is 148 cm³/mol. The summed E-state index contributed by atoms with van der Waals surface area (Å²) in [6.45, 7) is 0. The van der Waals surface area contributed by atoms with Crippen molar-refractivity contribution in [3.8, 4) is 17.2 Å². The maximum Gasteiger partial charge on any atom is 0.416 e. The quantitative estimate of drug-likeness (QED) is 0.226. The van der Waals surface area contributed by atoms with Crippen molar-refractivity contribution in [2.75, 3.05) is 24.9 Å². The standard InChI is InChI=1S/C30H24ClF3N2O6/c1-40-25-14-12-20(16-26(25)41-2)36-29(39)35-19-11-13-24(22(15-19)28(37)38)42-27(21-5-3-4-6-23(21)31)17-7-9-18(10-8-17)30(32,33)34/h3-16,27H,1-2H3,(H,37,38)(H2,35,36,39)/p-1. The molecule has 42 heavy (non-hydrogen) atoms. The van der Waals surface area contributed by atoms with Crippen LogP contribution in [0.15, 0.2) is 84.9 Å². The van der Waals surface area contributed by atoms with Gasteiger partial charge in [-0.2, -0.15) is 13.2 Å². The van der Waals surface area contributed by atoms with Crippen LogP contribution in [0.4, 0.5) is 29.3 Å². The summed E-state index contributed by atoms with van der Waals surface area (Å²) in [6, 6.07) is 18.6. The molecule has 8 nitrogen and oxygen atoms in total. The number of rotatable bonds is 9. The SMILES string of the molecule is COc1ccc(NC(=O)Nc2ccc(OC(c3ccc(C(F)(F)F)cc3)c3ccccc3Cl)c(C(=O)[O-])c2)cc1OC. The van der Waals surface area contributed by atoms with E-state index in [1.54, 1.807) is 36.4 Å². The molecule has 1 unspecified atom stereocenters. The molecule has 0 spiro atoms. The highest BCUT2D eigenvalue weighted by Gasteiger charge is 2.31. The molecular formula is C30H23ClF3N2O6-. The molecule has 2 amide bonds. The van der Waals surface area contributed by atoms with E-state index in [4.69, 9.17) is 25.8 Å². The van der Waals surface area contributed by atoms with Crippen molar-refractivity contribution in [1.82, 2.24) is 0 Å². The molecule has 0 saturated heterocycles. The van der Waals surface area contributed by atoms with Crippen molar-refractivity contribution < 1.29 is 42.1 Å². The van der Waals surface area contributed by atoms with Gasteiger partial charge in [0.15, 0.2) is 17.6 Å². The van der Waals surface area contributed by atoms with Crippen LogP contribution in [-0.2, 0) is 6.18 Å². The van der Waals surface area contributed by atoms with Gasteiger partial charge in [0.25, 0.3) is 0 Å². The van der Waals surface area contributed by atoms with Gasteiger partial charge in [-0.15, -0.1) is 0 Å². The minimum absolute atomic E-state index is 0.100. The third-order valence-electron chi connectivity index (χ3n) is 6.07. The number of methoxy groups -OCH3 is 2. The topological polar surface area (TPSA) is 109 Å². The normalized spacial score (nSPS) is 11.8. The van der Waals surface area contributed by atoms with Crippen LogP contribution in [0, 0.1) is 0 Å². The molecule has 0 heterocycles. The molecule has 4 aromatic rings. The Morgan fingerprint density at radius 2 is 1.40 bits per heavy atom. The Labute approximate surface area is 243 Å². The van der Waals surface area contributed by atoms with Crippen LogP contribution in [0.1, 0.15) is 33.2 Å². The summed E-state index contributed by atoms with van der Waals surface area (Å²) in [7, 11) is 2.92. The molecule has 0 saturated carbocycles. The first kappa shape index (κ1) is 30.1. The van der Waals surface area contributed by atoms with Crippen molar-refractivity contribution in [2.24, 2.45) is 0 Å². The molecule has 0 aromatic heterocycles. The van der Waals surface area contributed by atoms with Crippen molar-refractivity contribution in [1.29, 1.82) is 0 Å². The van der Waals surface area contributed by atoms with Crippen molar-refractivity contribution in [2.45, 2.75) is 12.3 Å². The van der Waals surface area contributed by atoms with Crippen molar-refractivity contribution in [3.05, 3.63) is 112 Å². The summed E-state index contributed by atoms with van der Waals surface area (Å²) in [4.78, 5) is 24.7. The molecular weight excluding hydrogens is 577 g/mol. The lowest BCUT2D eigenvalue weighted by atomic mass is 9.99. The fourth-order valence-corrected chi connectivity index (χ4v) is 4.28. The van der Waals surface area contributed by atoms with Crippen LogP contribution in [0.3, 0.4) is 0 Å². The summed E-state index contributed by atoms with van der Waals surface area (Å²) in [5.41, 5.74) is -0.117. The third-order valence-corrected chi connectivity index (χ3v) is 6.42. The zero-order valence-corrected chi connectivity index (χ0v) is 22.9. The average Bonchev–Trinajstić information content (AvgIpc) is 2.96. The number of carbonyl (C=O) groups is 2. The predicted octanol–water partition coefficient (Wildman–Crippen LogP) is 6.55. The molecule has 4 rings (SSSR count). The number of hydrogen-bond acceptors (Lipinski definition) is 6. The number of anilines is 2. The van der Waals surface area contributed by atoms with Gasteiger partial charge in [0, 0.05) is 33.6 Å². The first-order valence-electron chi connectivity index (χ1n) is 12.2. The number of halogens is 4. The number of urea groups is 1. The van der Waals surface area contributed by atoms with E-state index in [0.29, 0.717) is 22.7 Å². The van der Waals surface area contributed by atoms with E-state index >= 15 is 0 Å².